The van der Waals surface area contributed by atoms with Crippen molar-refractivity contribution in [3.8, 4) is 23.8 Å². The number of nitrogens with one attached hydrogen (secondary N) is 1. The fraction of sp³-hybridized carbons (Fsp3) is 0.400. The number of carbonyl (C=O) groups is 1. The van der Waals surface area contributed by atoms with Crippen LogP contribution in [0.5, 0.6) is 11.5 Å². The van der Waals surface area contributed by atoms with Crippen LogP contribution in [0.4, 0.5) is 0 Å². The van der Waals surface area contributed by atoms with E-state index in [1.807, 2.05) is 6.92 Å². The molecule has 0 aromatic heterocycles. The minimum absolute atomic E-state index is 0.0780. The van der Waals surface area contributed by atoms with E-state index in [4.69, 9.17) is 33.2 Å². The van der Waals surface area contributed by atoms with E-state index < -0.39 is 0 Å². The maximum atomic E-state index is 11.6. The summed E-state index contributed by atoms with van der Waals surface area (Å²) in [6, 6.07) is 3.30. The molecular formula is C15H19ClN2O3. The lowest BCUT2D eigenvalue weighted by atomic mass is 10.1. The summed E-state index contributed by atoms with van der Waals surface area (Å²) < 4.78 is 10.8. The Hall–Kier alpha value is -1.90. The highest BCUT2D eigenvalue weighted by Crippen LogP contribution is 2.35. The van der Waals surface area contributed by atoms with Crippen LogP contribution in [0.3, 0.4) is 0 Å². The Labute approximate surface area is 129 Å². The first kappa shape index (κ1) is 17.2. The van der Waals surface area contributed by atoms with Crippen LogP contribution in [0.25, 0.3) is 0 Å². The molecule has 0 spiro atoms. The van der Waals surface area contributed by atoms with E-state index in [0.29, 0.717) is 22.9 Å². The lowest BCUT2D eigenvalue weighted by molar-refractivity contribution is -0.122. The van der Waals surface area contributed by atoms with Crippen LogP contribution in [-0.4, -0.2) is 32.2 Å². The number of amides is 1. The smallest absolute Gasteiger partial charge is 0.258 e. The van der Waals surface area contributed by atoms with Crippen molar-refractivity contribution in [1.82, 2.24) is 5.32 Å². The molecule has 6 heteroatoms. The van der Waals surface area contributed by atoms with Crippen LogP contribution in [0.15, 0.2) is 12.1 Å². The number of nitrogens with two attached hydrogens (primary N) is 1. The largest absolute Gasteiger partial charge is 0.493 e. The summed E-state index contributed by atoms with van der Waals surface area (Å²) in [5, 5.41) is 3.04. The average molecular weight is 311 g/mol. The van der Waals surface area contributed by atoms with Gasteiger partial charge >= 0.3 is 0 Å². The molecule has 0 aliphatic rings. The maximum absolute atomic E-state index is 11.6. The van der Waals surface area contributed by atoms with Crippen LogP contribution in [-0.2, 0) is 11.2 Å². The predicted octanol–water partition coefficient (Wildman–Crippen LogP) is 1.37. The highest BCUT2D eigenvalue weighted by atomic mass is 35.5. The first-order chi connectivity index (χ1) is 9.97. The molecule has 1 atom stereocenters. The van der Waals surface area contributed by atoms with Crippen LogP contribution in [0, 0.1) is 12.3 Å². The van der Waals surface area contributed by atoms with Crippen LogP contribution >= 0.6 is 11.6 Å². The monoisotopic (exact) mass is 310 g/mol. The van der Waals surface area contributed by atoms with Gasteiger partial charge in [-0.15, -0.1) is 6.42 Å². The van der Waals surface area contributed by atoms with Gasteiger partial charge in [0.15, 0.2) is 18.1 Å². The lowest BCUT2D eigenvalue weighted by Crippen LogP contribution is -2.29. The third-order valence-electron chi connectivity index (χ3n) is 2.59. The van der Waals surface area contributed by atoms with Gasteiger partial charge in [-0.25, -0.2) is 0 Å². The third-order valence-corrected chi connectivity index (χ3v) is 2.81. The van der Waals surface area contributed by atoms with Gasteiger partial charge in [0, 0.05) is 22.7 Å². The summed E-state index contributed by atoms with van der Waals surface area (Å²) in [4.78, 5) is 11.6. The summed E-state index contributed by atoms with van der Waals surface area (Å²) >= 11 is 6.04. The van der Waals surface area contributed by atoms with Crippen molar-refractivity contribution >= 4 is 17.5 Å². The molecule has 1 aromatic carbocycles. The van der Waals surface area contributed by atoms with E-state index in [1.54, 1.807) is 12.1 Å². The number of hydrogen-bond donors (Lipinski definition) is 2. The molecule has 114 valence electrons. The number of carbonyl (C=O) groups excluding carboxylic acids is 1. The molecule has 1 amide bonds. The first-order valence-electron chi connectivity index (χ1n) is 6.42. The lowest BCUT2D eigenvalue weighted by Gasteiger charge is -2.16. The minimum atomic E-state index is -0.309. The van der Waals surface area contributed by atoms with Crippen LogP contribution < -0.4 is 20.5 Å². The van der Waals surface area contributed by atoms with Gasteiger partial charge in [0.1, 0.15) is 0 Å². The number of benzene rings is 1. The van der Waals surface area contributed by atoms with Crippen molar-refractivity contribution in [3.05, 3.63) is 22.7 Å². The van der Waals surface area contributed by atoms with Gasteiger partial charge in [0.25, 0.3) is 5.91 Å². The summed E-state index contributed by atoms with van der Waals surface area (Å²) in [7, 11) is 1.51. The summed E-state index contributed by atoms with van der Waals surface area (Å²) in [6.45, 7) is 1.87. The Morgan fingerprint density at radius 1 is 1.57 bits per heavy atom. The topological polar surface area (TPSA) is 73.6 Å². The molecule has 5 nitrogen and oxygen atoms in total. The van der Waals surface area contributed by atoms with E-state index >= 15 is 0 Å². The van der Waals surface area contributed by atoms with Crippen molar-refractivity contribution in [2.24, 2.45) is 5.73 Å². The Morgan fingerprint density at radius 3 is 2.86 bits per heavy atom. The molecule has 0 saturated heterocycles. The maximum Gasteiger partial charge on any atom is 0.258 e. The van der Waals surface area contributed by atoms with Gasteiger partial charge in [-0.1, -0.05) is 17.5 Å². The van der Waals surface area contributed by atoms with E-state index in [-0.39, 0.29) is 25.1 Å². The zero-order valence-corrected chi connectivity index (χ0v) is 12.9. The standard InChI is InChI=1S/C15H19ClN2O3/c1-4-5-18-14(19)9-21-15-11(6-10(2)17)7-12(16)8-13(15)20-3/h1,7-8,10H,5-6,9,17H2,2-3H3,(H,18,19). The number of hydrogen-bond acceptors (Lipinski definition) is 4. The number of halogens is 1. The van der Waals surface area contributed by atoms with Gasteiger partial charge in [-0.2, -0.15) is 0 Å². The molecule has 0 heterocycles. The van der Waals surface area contributed by atoms with Gasteiger partial charge in [0.05, 0.1) is 13.7 Å². The quantitative estimate of drug-likeness (QED) is 0.746. The number of rotatable bonds is 7. The second-order valence-corrected chi connectivity index (χ2v) is 4.98. The molecule has 0 fully saturated rings. The zero-order valence-electron chi connectivity index (χ0n) is 12.1. The van der Waals surface area contributed by atoms with Crippen molar-refractivity contribution < 1.29 is 14.3 Å². The minimum Gasteiger partial charge on any atom is -0.493 e. The fourth-order valence-electron chi connectivity index (χ4n) is 1.78. The highest BCUT2D eigenvalue weighted by Gasteiger charge is 2.15. The summed E-state index contributed by atoms with van der Waals surface area (Å²) in [5.41, 5.74) is 6.61. The van der Waals surface area contributed by atoms with E-state index in [1.165, 1.54) is 7.11 Å². The molecule has 1 aromatic rings. The molecular weight excluding hydrogens is 292 g/mol. The van der Waals surface area contributed by atoms with E-state index in [0.717, 1.165) is 5.56 Å². The van der Waals surface area contributed by atoms with Gasteiger partial charge in [-0.3, -0.25) is 4.79 Å². The molecule has 0 aliphatic carbocycles. The van der Waals surface area contributed by atoms with Gasteiger partial charge < -0.3 is 20.5 Å². The second kappa shape index (κ2) is 8.40. The highest BCUT2D eigenvalue weighted by molar-refractivity contribution is 6.30. The SMILES string of the molecule is C#CCNC(=O)COc1c(CC(C)N)cc(Cl)cc1OC. The molecule has 3 N–H and O–H groups in total. The van der Waals surface area contributed by atoms with Crippen LogP contribution in [0.1, 0.15) is 12.5 Å². The normalized spacial score (nSPS) is 11.4. The number of terminal acetylenes is 1. The van der Waals surface area contributed by atoms with E-state index in [2.05, 4.69) is 11.2 Å². The van der Waals surface area contributed by atoms with Crippen molar-refractivity contribution in [1.29, 1.82) is 0 Å². The van der Waals surface area contributed by atoms with Crippen molar-refractivity contribution in [2.75, 3.05) is 20.3 Å². The van der Waals surface area contributed by atoms with Gasteiger partial charge in [-0.05, 0) is 19.4 Å². The Kier molecular flexibility index (Phi) is 6.86. The van der Waals surface area contributed by atoms with Crippen molar-refractivity contribution in [2.45, 2.75) is 19.4 Å². The summed E-state index contributed by atoms with van der Waals surface area (Å²) in [6.07, 6.45) is 5.63. The zero-order chi connectivity index (χ0) is 15.8. The Morgan fingerprint density at radius 2 is 2.29 bits per heavy atom. The molecule has 0 bridgehead atoms. The Bertz CT molecular complexity index is 538. The third kappa shape index (κ3) is 5.54. The molecule has 1 rings (SSSR count). The fourth-order valence-corrected chi connectivity index (χ4v) is 2.01. The van der Waals surface area contributed by atoms with E-state index in [9.17, 15) is 4.79 Å². The molecule has 1 unspecified atom stereocenters. The number of ether oxygens (including phenoxy) is 2. The van der Waals surface area contributed by atoms with Gasteiger partial charge in [0.2, 0.25) is 0 Å². The van der Waals surface area contributed by atoms with Crippen LogP contribution in [0.2, 0.25) is 5.02 Å². The first-order valence-corrected chi connectivity index (χ1v) is 6.80. The molecule has 0 radical (unpaired) electrons. The number of methoxy groups -OCH3 is 1. The predicted molar refractivity (Wildman–Crippen MR) is 82.7 cm³/mol. The average Bonchev–Trinajstić information content (AvgIpc) is 2.42. The molecule has 0 aliphatic heterocycles. The molecule has 0 saturated carbocycles. The Balaban J connectivity index is 2.92. The second-order valence-electron chi connectivity index (χ2n) is 4.55. The van der Waals surface area contributed by atoms with Crippen molar-refractivity contribution in [3.63, 3.8) is 0 Å². The summed E-state index contributed by atoms with van der Waals surface area (Å²) in [5.74, 6) is 2.94. The molecule has 21 heavy (non-hydrogen) atoms.